The summed E-state index contributed by atoms with van der Waals surface area (Å²) in [5.41, 5.74) is -5.65. The molecule has 23 heteroatoms. The van der Waals surface area contributed by atoms with Crippen molar-refractivity contribution in [2.24, 2.45) is 0 Å². The Labute approximate surface area is 187 Å². The predicted octanol–water partition coefficient (Wildman–Crippen LogP) is 6.44. The predicted molar refractivity (Wildman–Crippen MR) is 77.0 cm³/mol. The molecule has 0 bridgehead atoms. The Morgan fingerprint density at radius 2 is 0.667 bits per heavy atom. The van der Waals surface area contributed by atoms with E-state index in [2.05, 4.69) is 13.3 Å². The smallest absolute Gasteiger partial charge is 0.373 e. The summed E-state index contributed by atoms with van der Waals surface area (Å²) >= 11 is 0. The van der Waals surface area contributed by atoms with Gasteiger partial charge in [0.25, 0.3) is 0 Å². The van der Waals surface area contributed by atoms with Crippen molar-refractivity contribution in [3.63, 3.8) is 0 Å². The van der Waals surface area contributed by atoms with Crippen LogP contribution >= 0.6 is 0 Å². The van der Waals surface area contributed by atoms with Crippen LogP contribution in [0.3, 0.4) is 0 Å². The van der Waals surface area contributed by atoms with Gasteiger partial charge < -0.3 is 13.3 Å². The third-order valence-electron chi connectivity index (χ3n) is 4.49. The molecule has 0 fully saturated rings. The van der Waals surface area contributed by atoms with Crippen LogP contribution in [-0.4, -0.2) is 83.3 Å². The zero-order chi connectivity index (χ0) is 29.8. The van der Waals surface area contributed by atoms with E-state index in [-0.39, 0.29) is 21.3 Å². The van der Waals surface area contributed by atoms with Gasteiger partial charge in [0, 0.05) is 21.3 Å². The second-order valence-corrected chi connectivity index (χ2v) is 9.77. The molecule has 0 saturated heterocycles. The maximum atomic E-state index is 14.1. The van der Waals surface area contributed by atoms with E-state index in [4.69, 9.17) is 0 Å². The molecule has 0 radical (unpaired) electrons. The summed E-state index contributed by atoms with van der Waals surface area (Å²) in [6, 6.07) is 0. The van der Waals surface area contributed by atoms with Crippen LogP contribution in [0, 0.1) is 0 Å². The molecule has 0 aromatic heterocycles. The molecule has 0 amide bonds. The second kappa shape index (κ2) is 9.20. The highest BCUT2D eigenvalue weighted by Gasteiger charge is 2.95. The van der Waals surface area contributed by atoms with Crippen molar-refractivity contribution in [2.45, 2.75) is 59.6 Å². The molecule has 0 N–H and O–H groups in total. The van der Waals surface area contributed by atoms with Crippen molar-refractivity contribution in [3.05, 3.63) is 0 Å². The fraction of sp³-hybridized carbons (Fsp3) is 1.00. The number of hydrogen-bond acceptors (Lipinski definition) is 3. The van der Waals surface area contributed by atoms with Crippen LogP contribution in [0.5, 0.6) is 0 Å². The fourth-order valence-corrected chi connectivity index (χ4v) is 4.23. The summed E-state index contributed by atoms with van der Waals surface area (Å²) in [6.07, 6.45) is -11.9. The highest BCUT2D eigenvalue weighted by molar-refractivity contribution is 6.63. The molecule has 0 unspecified atom stereocenters. The van der Waals surface area contributed by atoms with Crippen LogP contribution in [0.4, 0.5) is 83.4 Å². The van der Waals surface area contributed by atoms with E-state index < -0.39 is 68.4 Å². The van der Waals surface area contributed by atoms with Crippen molar-refractivity contribution in [3.8, 4) is 0 Å². The minimum atomic E-state index is -8.86. The average Bonchev–Trinajstić information content (AvgIpc) is 2.66. The average molecular weight is 604 g/mol. The van der Waals surface area contributed by atoms with Crippen LogP contribution in [0.1, 0.15) is 6.42 Å². The van der Waals surface area contributed by atoms with Gasteiger partial charge in [-0.2, -0.15) is 74.6 Å². The van der Waals surface area contributed by atoms with E-state index in [9.17, 15) is 83.4 Å². The number of halogens is 19. The minimum Gasteiger partial charge on any atom is -0.373 e. The molecule has 0 aliphatic heterocycles. The maximum Gasteiger partial charge on any atom is 0.574 e. The zero-order valence-corrected chi connectivity index (χ0v) is 18.1. The quantitative estimate of drug-likeness (QED) is 0.190. The first-order valence-corrected chi connectivity index (χ1v) is 9.86. The summed E-state index contributed by atoms with van der Waals surface area (Å²) in [4.78, 5) is 0. The minimum absolute atomic E-state index is 0.204. The van der Waals surface area contributed by atoms with E-state index >= 15 is 0 Å². The lowest BCUT2D eigenvalue weighted by Gasteiger charge is -2.43. The van der Waals surface area contributed by atoms with Gasteiger partial charge in [0.15, 0.2) is 0 Å². The number of rotatable bonds is 12. The van der Waals surface area contributed by atoms with Gasteiger partial charge in [-0.15, -0.1) is 0 Å². The van der Waals surface area contributed by atoms with Crippen LogP contribution in [0.25, 0.3) is 0 Å². The zero-order valence-electron chi connectivity index (χ0n) is 17.1. The van der Waals surface area contributed by atoms with Gasteiger partial charge in [-0.25, -0.2) is 8.78 Å². The van der Waals surface area contributed by atoms with Crippen LogP contribution in [-0.2, 0) is 13.3 Å². The van der Waals surface area contributed by atoms with Crippen molar-refractivity contribution in [1.82, 2.24) is 0 Å². The fourth-order valence-electron chi connectivity index (χ4n) is 2.39. The van der Waals surface area contributed by atoms with Crippen molar-refractivity contribution in [2.75, 3.05) is 21.3 Å². The topological polar surface area (TPSA) is 27.7 Å². The van der Waals surface area contributed by atoms with Gasteiger partial charge in [0.2, 0.25) is 0 Å². The second-order valence-electron chi connectivity index (χ2n) is 6.70. The van der Waals surface area contributed by atoms with Crippen LogP contribution in [0.2, 0.25) is 0 Å². The monoisotopic (exact) mass is 604 g/mol. The molecule has 36 heavy (non-hydrogen) atoms. The van der Waals surface area contributed by atoms with Crippen molar-refractivity contribution < 1.29 is 96.7 Å². The molecule has 0 saturated carbocycles. The lowest BCUT2D eigenvalue weighted by Crippen LogP contribution is -2.75. The van der Waals surface area contributed by atoms with E-state index in [1.54, 1.807) is 0 Å². The normalized spacial score (nSPS) is 16.5. The Morgan fingerprint density at radius 3 is 0.917 bits per heavy atom. The van der Waals surface area contributed by atoms with Gasteiger partial charge >= 0.3 is 62.0 Å². The Balaban J connectivity index is 6.85. The molecule has 0 spiro atoms. The summed E-state index contributed by atoms with van der Waals surface area (Å²) < 4.78 is 264. The molecule has 0 aliphatic carbocycles. The molecule has 0 heterocycles. The molecule has 0 atom stereocenters. The standard InChI is InChI=1S/C13H11F19O3Si/c1-33-36(34-2,35-3)6(16,17)4-5(14,15)7(18,19)8(20,21)9(22,23)10(24,25)11(26,27)12(28,29)13(30,31)32/h4H2,1-3H3. The van der Waals surface area contributed by atoms with Gasteiger partial charge in [-0.3, -0.25) is 0 Å². The third kappa shape index (κ3) is 4.50. The van der Waals surface area contributed by atoms with E-state index in [1.807, 2.05) is 0 Å². The first-order valence-electron chi connectivity index (χ1n) is 8.13. The molecular formula is C13H11F19O3Si. The van der Waals surface area contributed by atoms with Gasteiger partial charge in [-0.1, -0.05) is 0 Å². The Hall–Kier alpha value is -1.23. The van der Waals surface area contributed by atoms with Crippen LogP contribution in [0.15, 0.2) is 0 Å². The summed E-state index contributed by atoms with van der Waals surface area (Å²) in [5, 5.41) is 0. The SMILES string of the molecule is CO[Si](OC)(OC)C(F)(F)CC(F)(F)C(F)(F)C(F)(F)C(F)(F)C(F)(F)C(F)(F)C(F)(F)C(F)(F)F. The largest absolute Gasteiger partial charge is 0.574 e. The highest BCUT2D eigenvalue weighted by atomic mass is 28.4. The maximum absolute atomic E-state index is 14.1. The van der Waals surface area contributed by atoms with Crippen LogP contribution < -0.4 is 0 Å². The van der Waals surface area contributed by atoms with E-state index in [1.165, 1.54) is 0 Å². The molecular weight excluding hydrogens is 593 g/mol. The molecule has 0 aliphatic rings. The van der Waals surface area contributed by atoms with Gasteiger partial charge in [-0.05, 0) is 0 Å². The third-order valence-corrected chi connectivity index (χ3v) is 7.17. The number of alkyl halides is 19. The summed E-state index contributed by atoms with van der Waals surface area (Å²) in [7, 11) is -5.31. The van der Waals surface area contributed by atoms with Crippen molar-refractivity contribution >= 4 is 8.80 Å². The molecule has 0 aromatic rings. The Kier molecular flexibility index (Phi) is 8.89. The van der Waals surface area contributed by atoms with E-state index in [0.29, 0.717) is 0 Å². The van der Waals surface area contributed by atoms with Crippen molar-refractivity contribution in [1.29, 1.82) is 0 Å². The first kappa shape index (κ1) is 34.8. The van der Waals surface area contributed by atoms with E-state index in [0.717, 1.165) is 0 Å². The lowest BCUT2D eigenvalue weighted by molar-refractivity contribution is -0.462. The van der Waals surface area contributed by atoms with Gasteiger partial charge in [0.1, 0.15) is 0 Å². The molecule has 0 aromatic carbocycles. The molecule has 0 rings (SSSR count). The molecule has 218 valence electrons. The first-order chi connectivity index (χ1) is 15.4. The van der Waals surface area contributed by atoms with Gasteiger partial charge in [0.05, 0.1) is 6.42 Å². The Bertz CT molecular complexity index is 765. The molecule has 3 nitrogen and oxygen atoms in total. The number of hydrogen-bond donors (Lipinski definition) is 0. The lowest BCUT2D eigenvalue weighted by atomic mass is 9.88. The highest BCUT2D eigenvalue weighted by Crippen LogP contribution is 2.64. The summed E-state index contributed by atoms with van der Waals surface area (Å²) in [6.45, 7) is 0. The Morgan fingerprint density at radius 1 is 0.417 bits per heavy atom. The summed E-state index contributed by atoms with van der Waals surface area (Å²) in [5.74, 6) is -59.0.